The average molecular weight is 439 g/mol. The Bertz CT molecular complexity index is 731. The largest absolute Gasteiger partial charge is 0.494 e. The molecule has 1 aromatic heterocycles. The van der Waals surface area contributed by atoms with Crippen LogP contribution in [0.1, 0.15) is 96.5 Å². The van der Waals surface area contributed by atoms with Crippen molar-refractivity contribution < 1.29 is 9.53 Å². The zero-order valence-electron chi connectivity index (χ0n) is 20.2. The van der Waals surface area contributed by atoms with E-state index in [1.165, 1.54) is 70.6 Å². The molecule has 0 radical (unpaired) electrons. The number of ether oxygens (including phenoxy) is 1. The van der Waals surface area contributed by atoms with E-state index in [2.05, 4.69) is 11.9 Å². The molecule has 0 aliphatic heterocycles. The molecule has 32 heavy (non-hydrogen) atoms. The molecule has 2 aromatic rings. The van der Waals surface area contributed by atoms with Gasteiger partial charge >= 0.3 is 0 Å². The quantitative estimate of drug-likeness (QED) is 0.237. The van der Waals surface area contributed by atoms with Crippen LogP contribution < -0.4 is 9.64 Å². The van der Waals surface area contributed by atoms with Gasteiger partial charge in [-0.1, -0.05) is 83.6 Å². The molecule has 0 N–H and O–H groups in total. The maximum absolute atomic E-state index is 12.1. The van der Waals surface area contributed by atoms with E-state index in [0.717, 1.165) is 30.0 Å². The Labute approximate surface area is 195 Å². The standard InChI is InChI=1S/C28H42N2O2/c1-3-4-5-6-7-8-9-10-11-12-13-14-22-32-28-19-17-27(18-20-28)30(25(2)31)24-26-16-15-21-29-23-26/h15-21,23H,3-14,22,24H2,1-2H3. The van der Waals surface area contributed by atoms with Gasteiger partial charge in [0.2, 0.25) is 5.91 Å². The molecule has 0 aliphatic rings. The second-order valence-electron chi connectivity index (χ2n) is 8.70. The van der Waals surface area contributed by atoms with Crippen molar-refractivity contribution in [2.24, 2.45) is 0 Å². The Morgan fingerprint density at radius 3 is 1.97 bits per heavy atom. The van der Waals surface area contributed by atoms with Crippen molar-refractivity contribution in [2.75, 3.05) is 11.5 Å². The first-order chi connectivity index (χ1) is 15.7. The molecular formula is C28H42N2O2. The molecule has 176 valence electrons. The molecule has 0 atom stereocenters. The summed E-state index contributed by atoms with van der Waals surface area (Å²) < 4.78 is 5.90. The van der Waals surface area contributed by atoms with Gasteiger partial charge in [-0.05, 0) is 42.3 Å². The normalized spacial score (nSPS) is 10.8. The van der Waals surface area contributed by atoms with Gasteiger partial charge in [-0.15, -0.1) is 0 Å². The number of carbonyl (C=O) groups is 1. The van der Waals surface area contributed by atoms with Gasteiger partial charge in [0, 0.05) is 25.0 Å². The van der Waals surface area contributed by atoms with Crippen LogP contribution >= 0.6 is 0 Å². The van der Waals surface area contributed by atoms with Gasteiger partial charge in [-0.25, -0.2) is 0 Å². The lowest BCUT2D eigenvalue weighted by Crippen LogP contribution is -2.27. The number of aromatic nitrogens is 1. The molecule has 1 amide bonds. The van der Waals surface area contributed by atoms with Gasteiger partial charge in [-0.3, -0.25) is 9.78 Å². The minimum atomic E-state index is 0.0130. The predicted molar refractivity (Wildman–Crippen MR) is 134 cm³/mol. The Morgan fingerprint density at radius 1 is 0.844 bits per heavy atom. The van der Waals surface area contributed by atoms with Crippen molar-refractivity contribution >= 4 is 11.6 Å². The van der Waals surface area contributed by atoms with E-state index in [9.17, 15) is 4.79 Å². The number of rotatable bonds is 17. The fourth-order valence-electron chi connectivity index (χ4n) is 3.91. The molecule has 1 heterocycles. The molecule has 0 unspecified atom stereocenters. The molecule has 0 saturated carbocycles. The molecule has 0 spiro atoms. The number of carbonyl (C=O) groups excluding carboxylic acids is 1. The Morgan fingerprint density at radius 2 is 1.44 bits per heavy atom. The summed E-state index contributed by atoms with van der Waals surface area (Å²) in [4.78, 5) is 18.0. The molecule has 0 fully saturated rings. The number of amides is 1. The number of nitrogens with zero attached hydrogens (tertiary/aromatic N) is 2. The summed E-state index contributed by atoms with van der Waals surface area (Å²) in [5.41, 5.74) is 1.88. The smallest absolute Gasteiger partial charge is 0.224 e. The predicted octanol–water partition coefficient (Wildman–Crippen LogP) is 7.71. The van der Waals surface area contributed by atoms with Crippen molar-refractivity contribution in [3.63, 3.8) is 0 Å². The van der Waals surface area contributed by atoms with Crippen molar-refractivity contribution in [3.8, 4) is 5.75 Å². The first kappa shape index (κ1) is 25.9. The minimum Gasteiger partial charge on any atom is -0.494 e. The fraction of sp³-hybridized carbons (Fsp3) is 0.571. The van der Waals surface area contributed by atoms with E-state index in [0.29, 0.717) is 6.54 Å². The van der Waals surface area contributed by atoms with E-state index in [1.807, 2.05) is 36.4 Å². The summed E-state index contributed by atoms with van der Waals surface area (Å²) >= 11 is 0. The van der Waals surface area contributed by atoms with Crippen molar-refractivity contribution in [1.29, 1.82) is 0 Å². The number of hydrogen-bond donors (Lipinski definition) is 0. The summed E-state index contributed by atoms with van der Waals surface area (Å²) in [5, 5.41) is 0. The van der Waals surface area contributed by atoms with Gasteiger partial charge in [0.15, 0.2) is 0 Å². The highest BCUT2D eigenvalue weighted by Crippen LogP contribution is 2.22. The van der Waals surface area contributed by atoms with Crippen molar-refractivity contribution in [2.45, 2.75) is 97.4 Å². The van der Waals surface area contributed by atoms with Crippen LogP contribution in [-0.2, 0) is 11.3 Å². The average Bonchev–Trinajstić information content (AvgIpc) is 2.81. The third-order valence-corrected chi connectivity index (χ3v) is 5.86. The lowest BCUT2D eigenvalue weighted by atomic mass is 10.1. The molecule has 0 aliphatic carbocycles. The van der Waals surface area contributed by atoms with E-state index >= 15 is 0 Å². The van der Waals surface area contributed by atoms with Gasteiger partial charge in [-0.2, -0.15) is 0 Å². The summed E-state index contributed by atoms with van der Waals surface area (Å²) in [7, 11) is 0. The number of pyridine rings is 1. The lowest BCUT2D eigenvalue weighted by Gasteiger charge is -2.21. The van der Waals surface area contributed by atoms with Crippen LogP contribution in [0.25, 0.3) is 0 Å². The highest BCUT2D eigenvalue weighted by molar-refractivity contribution is 5.91. The maximum Gasteiger partial charge on any atom is 0.224 e. The third kappa shape index (κ3) is 10.8. The SMILES string of the molecule is CCCCCCCCCCCCCCOc1ccc(N(Cc2cccnc2)C(C)=O)cc1. The number of benzene rings is 1. The minimum absolute atomic E-state index is 0.0130. The van der Waals surface area contributed by atoms with Crippen LogP contribution in [0.3, 0.4) is 0 Å². The van der Waals surface area contributed by atoms with Gasteiger partial charge in [0.1, 0.15) is 5.75 Å². The summed E-state index contributed by atoms with van der Waals surface area (Å²) in [6.07, 6.45) is 19.7. The molecular weight excluding hydrogens is 396 g/mol. The Kier molecular flexibility index (Phi) is 13.2. The molecule has 4 nitrogen and oxygen atoms in total. The van der Waals surface area contributed by atoms with Gasteiger partial charge < -0.3 is 9.64 Å². The number of anilines is 1. The first-order valence-corrected chi connectivity index (χ1v) is 12.6. The molecule has 1 aromatic carbocycles. The Hall–Kier alpha value is -2.36. The zero-order chi connectivity index (χ0) is 22.9. The highest BCUT2D eigenvalue weighted by atomic mass is 16.5. The topological polar surface area (TPSA) is 42.4 Å². The van der Waals surface area contributed by atoms with Crippen LogP contribution in [0.15, 0.2) is 48.8 Å². The summed E-state index contributed by atoms with van der Waals surface area (Å²) in [6.45, 7) is 5.13. The van der Waals surface area contributed by atoms with E-state index < -0.39 is 0 Å². The number of unbranched alkanes of at least 4 members (excludes halogenated alkanes) is 11. The van der Waals surface area contributed by atoms with Gasteiger partial charge in [0.25, 0.3) is 0 Å². The van der Waals surface area contributed by atoms with Crippen molar-refractivity contribution in [3.05, 3.63) is 54.4 Å². The Balaban J connectivity index is 1.57. The zero-order valence-corrected chi connectivity index (χ0v) is 20.2. The van der Waals surface area contributed by atoms with Crippen LogP contribution in [0.5, 0.6) is 5.75 Å². The summed E-state index contributed by atoms with van der Waals surface area (Å²) in [5.74, 6) is 0.876. The maximum atomic E-state index is 12.1. The second kappa shape index (κ2) is 16.3. The molecule has 0 bridgehead atoms. The molecule has 0 saturated heterocycles. The number of hydrogen-bond acceptors (Lipinski definition) is 3. The second-order valence-corrected chi connectivity index (χ2v) is 8.70. The lowest BCUT2D eigenvalue weighted by molar-refractivity contribution is -0.116. The van der Waals surface area contributed by atoms with E-state index in [4.69, 9.17) is 4.74 Å². The van der Waals surface area contributed by atoms with Crippen LogP contribution in [0.2, 0.25) is 0 Å². The van der Waals surface area contributed by atoms with E-state index in [1.54, 1.807) is 24.2 Å². The third-order valence-electron chi connectivity index (χ3n) is 5.86. The first-order valence-electron chi connectivity index (χ1n) is 12.6. The summed E-state index contributed by atoms with van der Waals surface area (Å²) in [6, 6.07) is 11.7. The fourth-order valence-corrected chi connectivity index (χ4v) is 3.91. The highest BCUT2D eigenvalue weighted by Gasteiger charge is 2.12. The van der Waals surface area contributed by atoms with Crippen LogP contribution in [0, 0.1) is 0 Å². The molecule has 2 rings (SSSR count). The van der Waals surface area contributed by atoms with E-state index in [-0.39, 0.29) is 5.91 Å². The monoisotopic (exact) mass is 438 g/mol. The van der Waals surface area contributed by atoms with Crippen molar-refractivity contribution in [1.82, 2.24) is 4.98 Å². The molecule has 4 heteroatoms. The van der Waals surface area contributed by atoms with Gasteiger partial charge in [0.05, 0.1) is 13.2 Å². The van der Waals surface area contributed by atoms with Crippen LogP contribution in [-0.4, -0.2) is 17.5 Å². The van der Waals surface area contributed by atoms with Crippen LogP contribution in [0.4, 0.5) is 5.69 Å².